The molecule has 110 valence electrons. The van der Waals surface area contributed by atoms with Crippen LogP contribution in [0.15, 0.2) is 59.0 Å². The lowest BCUT2D eigenvalue weighted by atomic mass is 10.0. The SMILES string of the molecule is O=C1C(c2ccc(F)cc2)NC2=C[NH+]=C3C=CC(Br)=CC3N12. The maximum atomic E-state index is 13.1. The Labute approximate surface area is 134 Å². The number of allylic oxidation sites excluding steroid dienone is 2. The van der Waals surface area contributed by atoms with E-state index in [1.54, 1.807) is 23.2 Å². The van der Waals surface area contributed by atoms with Gasteiger partial charge in [-0.25, -0.2) is 9.38 Å². The van der Waals surface area contributed by atoms with Crippen molar-refractivity contribution >= 4 is 27.5 Å². The Balaban J connectivity index is 1.70. The van der Waals surface area contributed by atoms with Gasteiger partial charge < -0.3 is 5.32 Å². The van der Waals surface area contributed by atoms with Crippen molar-refractivity contribution in [1.82, 2.24) is 10.2 Å². The van der Waals surface area contributed by atoms with E-state index in [1.165, 1.54) is 12.1 Å². The molecule has 0 saturated carbocycles. The van der Waals surface area contributed by atoms with Gasteiger partial charge >= 0.3 is 0 Å². The minimum Gasteiger partial charge on any atom is -0.351 e. The molecule has 2 unspecified atom stereocenters. The molecule has 2 N–H and O–H groups in total. The van der Waals surface area contributed by atoms with Crippen molar-refractivity contribution in [2.24, 2.45) is 0 Å². The summed E-state index contributed by atoms with van der Waals surface area (Å²) in [6.07, 6.45) is 7.64. The standard InChI is InChI=1S/C16H11BrFN3O/c17-10-3-6-12-13(7-10)21-14(8-19-12)20-15(16(21)22)9-1-4-11(18)5-2-9/h1-8,13,15,20H/p+1. The van der Waals surface area contributed by atoms with Crippen LogP contribution in [0.1, 0.15) is 11.6 Å². The molecule has 1 amide bonds. The highest BCUT2D eigenvalue weighted by Crippen LogP contribution is 2.31. The van der Waals surface area contributed by atoms with Crippen molar-refractivity contribution in [2.75, 3.05) is 0 Å². The topological polar surface area (TPSA) is 46.3 Å². The minimum absolute atomic E-state index is 0.0475. The first-order valence-corrected chi connectivity index (χ1v) is 7.67. The van der Waals surface area contributed by atoms with Crippen molar-refractivity contribution in [3.63, 3.8) is 0 Å². The van der Waals surface area contributed by atoms with E-state index in [1.807, 2.05) is 18.2 Å². The number of fused-ring (bicyclic) bond motifs is 3. The summed E-state index contributed by atoms with van der Waals surface area (Å²) in [6, 6.07) is 5.34. The van der Waals surface area contributed by atoms with Crippen LogP contribution in [0, 0.1) is 5.82 Å². The fraction of sp³-hybridized carbons (Fsp3) is 0.125. The molecule has 1 aromatic carbocycles. The fourth-order valence-electron chi connectivity index (χ4n) is 2.88. The van der Waals surface area contributed by atoms with E-state index in [9.17, 15) is 9.18 Å². The second kappa shape index (κ2) is 4.91. The highest BCUT2D eigenvalue weighted by molar-refractivity contribution is 9.11. The average Bonchev–Trinajstić information content (AvgIpc) is 2.85. The first-order valence-electron chi connectivity index (χ1n) is 6.87. The van der Waals surface area contributed by atoms with E-state index in [-0.39, 0.29) is 17.8 Å². The number of hydrogen-bond acceptors (Lipinski definition) is 2. The number of benzene rings is 1. The molecule has 0 bridgehead atoms. The highest BCUT2D eigenvalue weighted by atomic mass is 79.9. The molecule has 4 nitrogen and oxygen atoms in total. The van der Waals surface area contributed by atoms with Crippen molar-refractivity contribution < 1.29 is 14.2 Å². The second-order valence-corrected chi connectivity index (χ2v) is 6.21. The molecule has 3 aliphatic rings. The van der Waals surface area contributed by atoms with Gasteiger partial charge in [-0.3, -0.25) is 9.69 Å². The zero-order valence-electron chi connectivity index (χ0n) is 11.4. The van der Waals surface area contributed by atoms with Gasteiger partial charge in [0, 0.05) is 10.6 Å². The highest BCUT2D eigenvalue weighted by Gasteiger charge is 2.45. The lowest BCUT2D eigenvalue weighted by Crippen LogP contribution is -2.74. The third kappa shape index (κ3) is 2.02. The molecular formula is C16H12BrFN3O+. The zero-order valence-corrected chi connectivity index (χ0v) is 13.0. The number of rotatable bonds is 1. The predicted molar refractivity (Wildman–Crippen MR) is 83.1 cm³/mol. The quantitative estimate of drug-likeness (QED) is 0.779. The first kappa shape index (κ1) is 13.5. The molecule has 1 fully saturated rings. The molecule has 1 aromatic rings. The van der Waals surface area contributed by atoms with E-state index in [2.05, 4.69) is 26.2 Å². The van der Waals surface area contributed by atoms with Gasteiger partial charge in [0.05, 0.1) is 0 Å². The molecule has 1 saturated heterocycles. The lowest BCUT2D eigenvalue weighted by molar-refractivity contribution is -0.380. The van der Waals surface area contributed by atoms with E-state index in [0.717, 1.165) is 21.6 Å². The third-order valence-electron chi connectivity index (χ3n) is 3.95. The maximum absolute atomic E-state index is 13.1. The summed E-state index contributed by atoms with van der Waals surface area (Å²) in [4.78, 5) is 17.7. The summed E-state index contributed by atoms with van der Waals surface area (Å²) in [5.74, 6) is 0.362. The Morgan fingerprint density at radius 1 is 1.23 bits per heavy atom. The van der Waals surface area contributed by atoms with E-state index in [0.29, 0.717) is 0 Å². The Morgan fingerprint density at radius 2 is 2.00 bits per heavy atom. The van der Waals surface area contributed by atoms with Gasteiger partial charge in [0.25, 0.3) is 5.91 Å². The normalized spacial score (nSPS) is 25.8. The predicted octanol–water partition coefficient (Wildman–Crippen LogP) is 0.850. The first-order chi connectivity index (χ1) is 10.6. The Morgan fingerprint density at radius 3 is 2.77 bits per heavy atom. The number of carbonyl (C=O) groups is 1. The Hall–Kier alpha value is -2.21. The summed E-state index contributed by atoms with van der Waals surface area (Å²) >= 11 is 3.45. The molecule has 4 rings (SSSR count). The molecule has 2 heterocycles. The van der Waals surface area contributed by atoms with Crippen LogP contribution in [-0.2, 0) is 4.79 Å². The summed E-state index contributed by atoms with van der Waals surface area (Å²) in [7, 11) is 0. The summed E-state index contributed by atoms with van der Waals surface area (Å²) < 4.78 is 14.0. The number of nitrogens with one attached hydrogen (secondary N) is 2. The van der Waals surface area contributed by atoms with Gasteiger partial charge in [-0.05, 0) is 29.8 Å². The molecule has 22 heavy (non-hydrogen) atoms. The van der Waals surface area contributed by atoms with Crippen LogP contribution in [0.3, 0.4) is 0 Å². The van der Waals surface area contributed by atoms with Crippen molar-refractivity contribution in [3.8, 4) is 0 Å². The van der Waals surface area contributed by atoms with Crippen LogP contribution in [0.2, 0.25) is 0 Å². The second-order valence-electron chi connectivity index (χ2n) is 5.30. The average molecular weight is 361 g/mol. The van der Waals surface area contributed by atoms with Crippen molar-refractivity contribution in [3.05, 3.63) is 70.4 Å². The van der Waals surface area contributed by atoms with Gasteiger partial charge in [-0.15, -0.1) is 0 Å². The molecule has 2 aliphatic heterocycles. The van der Waals surface area contributed by atoms with Crippen LogP contribution in [0.25, 0.3) is 0 Å². The van der Waals surface area contributed by atoms with Crippen LogP contribution < -0.4 is 10.3 Å². The third-order valence-corrected chi connectivity index (χ3v) is 4.48. The number of amides is 1. The van der Waals surface area contributed by atoms with Crippen LogP contribution >= 0.6 is 15.9 Å². The Kier molecular flexibility index (Phi) is 3.00. The summed E-state index contributed by atoms with van der Waals surface area (Å²) in [5, 5.41) is 3.20. The molecule has 6 heteroatoms. The number of carbonyl (C=O) groups excluding carboxylic acids is 1. The van der Waals surface area contributed by atoms with E-state index < -0.39 is 6.04 Å². The van der Waals surface area contributed by atoms with Gasteiger partial charge in [-0.2, -0.15) is 0 Å². The fourth-order valence-corrected chi connectivity index (χ4v) is 3.26. The number of nitrogens with zero attached hydrogens (tertiary/aromatic N) is 1. The van der Waals surface area contributed by atoms with E-state index in [4.69, 9.17) is 0 Å². The van der Waals surface area contributed by atoms with Crippen LogP contribution in [0.4, 0.5) is 4.39 Å². The van der Waals surface area contributed by atoms with Gasteiger partial charge in [-0.1, -0.05) is 28.1 Å². The molecule has 0 radical (unpaired) electrons. The lowest BCUT2D eigenvalue weighted by Gasteiger charge is -2.26. The van der Waals surface area contributed by atoms with Crippen LogP contribution in [-0.4, -0.2) is 22.6 Å². The maximum Gasteiger partial charge on any atom is 0.256 e. The minimum atomic E-state index is -0.494. The number of halogens is 2. The molecule has 0 spiro atoms. The van der Waals surface area contributed by atoms with E-state index >= 15 is 0 Å². The zero-order chi connectivity index (χ0) is 15.3. The van der Waals surface area contributed by atoms with Crippen LogP contribution in [0.5, 0.6) is 0 Å². The van der Waals surface area contributed by atoms with Crippen molar-refractivity contribution in [2.45, 2.75) is 12.1 Å². The smallest absolute Gasteiger partial charge is 0.256 e. The number of hydrogen-bond donors (Lipinski definition) is 2. The Bertz CT molecular complexity index is 779. The molecular weight excluding hydrogens is 349 g/mol. The molecule has 1 aliphatic carbocycles. The van der Waals surface area contributed by atoms with Gasteiger partial charge in [0.15, 0.2) is 5.82 Å². The summed E-state index contributed by atoms with van der Waals surface area (Å²) in [6.45, 7) is 0. The summed E-state index contributed by atoms with van der Waals surface area (Å²) in [5.41, 5.74) is 1.69. The monoisotopic (exact) mass is 360 g/mol. The molecule has 2 atom stereocenters. The molecule has 0 aromatic heterocycles. The van der Waals surface area contributed by atoms with Gasteiger partial charge in [0.2, 0.25) is 11.9 Å². The van der Waals surface area contributed by atoms with Crippen molar-refractivity contribution in [1.29, 1.82) is 0 Å². The largest absolute Gasteiger partial charge is 0.351 e. The van der Waals surface area contributed by atoms with Gasteiger partial charge in [0.1, 0.15) is 17.9 Å².